The summed E-state index contributed by atoms with van der Waals surface area (Å²) in [5.74, 6) is -1.91. The lowest BCUT2D eigenvalue weighted by atomic mass is 10.0. The fraction of sp³-hybridized carbons (Fsp3) is 0.312. The minimum atomic E-state index is -1.17. The van der Waals surface area contributed by atoms with Crippen LogP contribution in [0.5, 0.6) is 0 Å². The molecule has 0 unspecified atom stereocenters. The molecular formula is C16H15NO6. The first-order valence-corrected chi connectivity index (χ1v) is 7.08. The number of nitrogens with zero attached hydrogens (tertiary/aromatic N) is 1. The van der Waals surface area contributed by atoms with Gasteiger partial charge in [-0.05, 0) is 5.56 Å². The summed E-state index contributed by atoms with van der Waals surface area (Å²) in [4.78, 5) is 36.8. The van der Waals surface area contributed by atoms with Gasteiger partial charge in [0.1, 0.15) is 6.61 Å². The summed E-state index contributed by atoms with van der Waals surface area (Å²) < 4.78 is 14.8. The van der Waals surface area contributed by atoms with Gasteiger partial charge in [-0.15, -0.1) is 0 Å². The van der Waals surface area contributed by atoms with Gasteiger partial charge in [0.25, 0.3) is 0 Å². The summed E-state index contributed by atoms with van der Waals surface area (Å²) in [6, 6.07) is 7.97. The lowest BCUT2D eigenvalue weighted by molar-refractivity contribution is -0.154. The molecule has 3 rings (SSSR count). The van der Waals surface area contributed by atoms with Gasteiger partial charge in [0.15, 0.2) is 6.23 Å². The Labute approximate surface area is 132 Å². The Kier molecular flexibility index (Phi) is 4.01. The zero-order valence-corrected chi connectivity index (χ0v) is 12.4. The van der Waals surface area contributed by atoms with Crippen LogP contribution in [0.3, 0.4) is 0 Å². The first-order chi connectivity index (χ1) is 11.1. The van der Waals surface area contributed by atoms with Gasteiger partial charge in [0.05, 0.1) is 7.11 Å². The number of hydrogen-bond acceptors (Lipinski definition) is 7. The van der Waals surface area contributed by atoms with Crippen LogP contribution in [0.1, 0.15) is 12.0 Å². The lowest BCUT2D eigenvalue weighted by Gasteiger charge is -2.38. The molecule has 23 heavy (non-hydrogen) atoms. The van der Waals surface area contributed by atoms with Crippen molar-refractivity contribution in [3.8, 4) is 0 Å². The normalized spacial score (nSPS) is 23.8. The Bertz CT molecular complexity index is 668. The van der Waals surface area contributed by atoms with E-state index in [1.807, 2.05) is 30.3 Å². The molecule has 2 heterocycles. The van der Waals surface area contributed by atoms with Crippen molar-refractivity contribution >= 4 is 17.9 Å². The maximum Gasteiger partial charge on any atom is 0.342 e. The Hall–Kier alpha value is -2.83. The molecule has 0 amide bonds. The van der Waals surface area contributed by atoms with E-state index in [0.717, 1.165) is 5.56 Å². The summed E-state index contributed by atoms with van der Waals surface area (Å²) >= 11 is 0. The summed E-state index contributed by atoms with van der Waals surface area (Å²) in [6.07, 6.45) is 1.10. The molecule has 1 aromatic carbocycles. The van der Waals surface area contributed by atoms with Crippen LogP contribution in [0, 0.1) is 0 Å². The summed E-state index contributed by atoms with van der Waals surface area (Å²) in [5, 5.41) is 0. The van der Waals surface area contributed by atoms with Crippen molar-refractivity contribution in [3.63, 3.8) is 0 Å². The molecule has 120 valence electrons. The van der Waals surface area contributed by atoms with Crippen LogP contribution in [0.25, 0.3) is 0 Å². The van der Waals surface area contributed by atoms with Crippen LogP contribution in [0.4, 0.5) is 0 Å². The second-order valence-corrected chi connectivity index (χ2v) is 5.16. The molecule has 0 radical (unpaired) electrons. The average molecular weight is 317 g/mol. The van der Waals surface area contributed by atoms with E-state index in [-0.39, 0.29) is 6.61 Å². The van der Waals surface area contributed by atoms with Crippen LogP contribution in [-0.2, 0) is 35.2 Å². The molecule has 2 aliphatic rings. The van der Waals surface area contributed by atoms with Gasteiger partial charge >= 0.3 is 17.9 Å². The number of carbonyl (C=O) groups is 3. The topological polar surface area (TPSA) is 82.1 Å². The van der Waals surface area contributed by atoms with Gasteiger partial charge in [0, 0.05) is 18.2 Å². The van der Waals surface area contributed by atoms with Gasteiger partial charge < -0.3 is 19.1 Å². The number of carbonyl (C=O) groups excluding carboxylic acids is 3. The Balaban J connectivity index is 1.68. The second-order valence-electron chi connectivity index (χ2n) is 5.16. The van der Waals surface area contributed by atoms with E-state index >= 15 is 0 Å². The van der Waals surface area contributed by atoms with Crippen molar-refractivity contribution in [2.75, 3.05) is 7.11 Å². The third-order valence-electron chi connectivity index (χ3n) is 3.71. The van der Waals surface area contributed by atoms with Crippen molar-refractivity contribution in [2.24, 2.45) is 0 Å². The highest BCUT2D eigenvalue weighted by atomic mass is 16.6. The van der Waals surface area contributed by atoms with E-state index in [2.05, 4.69) is 4.74 Å². The van der Waals surface area contributed by atoms with Crippen molar-refractivity contribution in [2.45, 2.75) is 25.3 Å². The minimum Gasteiger partial charge on any atom is -0.466 e. The molecular weight excluding hydrogens is 302 g/mol. The van der Waals surface area contributed by atoms with Crippen molar-refractivity contribution in [1.29, 1.82) is 0 Å². The smallest absolute Gasteiger partial charge is 0.342 e. The molecule has 0 aliphatic carbocycles. The van der Waals surface area contributed by atoms with E-state index in [1.165, 1.54) is 18.1 Å². The number of methoxy groups -OCH3 is 1. The molecule has 0 bridgehead atoms. The zero-order chi connectivity index (χ0) is 16.4. The highest BCUT2D eigenvalue weighted by Crippen LogP contribution is 2.38. The molecule has 1 aromatic rings. The Morgan fingerprint density at radius 2 is 2.09 bits per heavy atom. The average Bonchev–Trinajstić information content (AvgIpc) is 2.82. The molecule has 0 spiro atoms. The van der Waals surface area contributed by atoms with E-state index in [0.29, 0.717) is 12.1 Å². The minimum absolute atomic E-state index is 0.0675. The van der Waals surface area contributed by atoms with Crippen LogP contribution in [-0.4, -0.2) is 42.2 Å². The van der Waals surface area contributed by atoms with Crippen molar-refractivity contribution in [3.05, 3.63) is 47.7 Å². The molecule has 0 aromatic heterocycles. The first kappa shape index (κ1) is 15.1. The van der Waals surface area contributed by atoms with Gasteiger partial charge in [-0.1, -0.05) is 30.3 Å². The fourth-order valence-electron chi connectivity index (χ4n) is 2.54. The fourth-order valence-corrected chi connectivity index (χ4v) is 2.54. The standard InChI is InChI=1S/C16H15NO6/c1-21-13(18)8-11-7-12-17(11)14(16(20)23-12)15(19)22-9-10-5-3-2-4-6-10/h2-6,8,12,14H,7,9H2,1H3/b11-8-/t12-,14+/m1/s1. The molecule has 2 aliphatic heterocycles. The SMILES string of the molecule is COC(=O)/C=C1/C[C@H]2OC(=O)[C@H](C(=O)OCc3ccccc3)N12. The number of fused-ring (bicyclic) bond motifs is 1. The van der Waals surface area contributed by atoms with Gasteiger partial charge in [0.2, 0.25) is 6.04 Å². The molecule has 0 N–H and O–H groups in total. The van der Waals surface area contributed by atoms with Crippen LogP contribution < -0.4 is 0 Å². The third-order valence-corrected chi connectivity index (χ3v) is 3.71. The molecule has 7 heteroatoms. The second kappa shape index (κ2) is 6.12. The van der Waals surface area contributed by atoms with Crippen LogP contribution in [0.2, 0.25) is 0 Å². The van der Waals surface area contributed by atoms with Gasteiger partial charge in [-0.2, -0.15) is 0 Å². The van der Waals surface area contributed by atoms with E-state index < -0.39 is 30.2 Å². The molecule has 7 nitrogen and oxygen atoms in total. The number of hydrogen-bond donors (Lipinski definition) is 0. The highest BCUT2D eigenvalue weighted by molar-refractivity contribution is 6.01. The number of ether oxygens (including phenoxy) is 3. The van der Waals surface area contributed by atoms with Gasteiger partial charge in [-0.25, -0.2) is 14.4 Å². The number of esters is 3. The van der Waals surface area contributed by atoms with Gasteiger partial charge in [-0.3, -0.25) is 0 Å². The Morgan fingerprint density at radius 3 is 2.78 bits per heavy atom. The maximum atomic E-state index is 12.2. The largest absolute Gasteiger partial charge is 0.466 e. The summed E-state index contributed by atoms with van der Waals surface area (Å²) in [5.41, 5.74) is 1.34. The predicted octanol–water partition coefficient (Wildman–Crippen LogP) is 0.744. The van der Waals surface area contributed by atoms with Crippen molar-refractivity contribution in [1.82, 2.24) is 4.90 Å². The number of rotatable bonds is 4. The number of benzene rings is 1. The van der Waals surface area contributed by atoms with E-state index in [1.54, 1.807) is 0 Å². The molecule has 2 fully saturated rings. The molecule has 2 atom stereocenters. The van der Waals surface area contributed by atoms with Crippen molar-refractivity contribution < 1.29 is 28.6 Å². The summed E-state index contributed by atoms with van der Waals surface area (Å²) in [6.45, 7) is 0.0675. The highest BCUT2D eigenvalue weighted by Gasteiger charge is 2.54. The van der Waals surface area contributed by atoms with Crippen LogP contribution >= 0.6 is 0 Å². The quantitative estimate of drug-likeness (QED) is 0.351. The molecule has 2 saturated heterocycles. The maximum absolute atomic E-state index is 12.2. The first-order valence-electron chi connectivity index (χ1n) is 7.08. The van der Waals surface area contributed by atoms with E-state index in [4.69, 9.17) is 9.47 Å². The van der Waals surface area contributed by atoms with E-state index in [9.17, 15) is 14.4 Å². The Morgan fingerprint density at radius 1 is 1.35 bits per heavy atom. The monoisotopic (exact) mass is 317 g/mol. The molecule has 0 saturated carbocycles. The zero-order valence-electron chi connectivity index (χ0n) is 12.4. The predicted molar refractivity (Wildman–Crippen MR) is 76.5 cm³/mol. The summed E-state index contributed by atoms with van der Waals surface area (Å²) in [7, 11) is 1.26. The van der Waals surface area contributed by atoms with Crippen LogP contribution in [0.15, 0.2) is 42.1 Å². The third kappa shape index (κ3) is 2.90. The lowest BCUT2D eigenvalue weighted by Crippen LogP contribution is -2.50.